The number of hydrogen-bond donors (Lipinski definition) is 1. The molecule has 2 amide bonds. The highest BCUT2D eigenvalue weighted by molar-refractivity contribution is 5.89. The minimum Gasteiger partial charge on any atom is -0.497 e. The second-order valence-electron chi connectivity index (χ2n) is 7.25. The van der Waals surface area contributed by atoms with E-state index in [2.05, 4.69) is 15.5 Å². The Labute approximate surface area is 169 Å². The number of anilines is 1. The quantitative estimate of drug-likeness (QED) is 0.709. The van der Waals surface area contributed by atoms with Crippen LogP contribution in [0.1, 0.15) is 30.2 Å². The minimum atomic E-state index is -0.0708. The van der Waals surface area contributed by atoms with Crippen LogP contribution in [0.3, 0.4) is 0 Å². The molecule has 2 heterocycles. The fourth-order valence-corrected chi connectivity index (χ4v) is 3.51. The molecule has 1 aromatic heterocycles. The number of methoxy groups -OCH3 is 1. The van der Waals surface area contributed by atoms with Crippen LogP contribution in [0.2, 0.25) is 0 Å². The van der Waals surface area contributed by atoms with Crippen molar-refractivity contribution < 1.29 is 14.1 Å². The highest BCUT2D eigenvalue weighted by atomic mass is 16.5. The molecule has 2 aromatic carbocycles. The molecule has 7 heteroatoms. The molecule has 1 N–H and O–H groups in total. The van der Waals surface area contributed by atoms with Gasteiger partial charge in [0.05, 0.1) is 7.11 Å². The number of carbonyl (C=O) groups is 1. The van der Waals surface area contributed by atoms with E-state index >= 15 is 0 Å². The third-order valence-corrected chi connectivity index (χ3v) is 5.19. The maximum Gasteiger partial charge on any atom is 0.321 e. The molecule has 0 bridgehead atoms. The van der Waals surface area contributed by atoms with E-state index in [4.69, 9.17) is 9.26 Å². The van der Waals surface area contributed by atoms with Crippen LogP contribution in [0.15, 0.2) is 53.1 Å². The summed E-state index contributed by atoms with van der Waals surface area (Å²) in [6, 6.07) is 15.3. The van der Waals surface area contributed by atoms with E-state index in [1.54, 1.807) is 7.11 Å². The lowest BCUT2D eigenvalue weighted by Crippen LogP contribution is -2.40. The Morgan fingerprint density at radius 2 is 1.93 bits per heavy atom. The summed E-state index contributed by atoms with van der Waals surface area (Å²) in [5.41, 5.74) is 2.82. The van der Waals surface area contributed by atoms with Gasteiger partial charge in [-0.1, -0.05) is 17.3 Å². The van der Waals surface area contributed by atoms with Gasteiger partial charge in [0.15, 0.2) is 0 Å². The third-order valence-electron chi connectivity index (χ3n) is 5.19. The van der Waals surface area contributed by atoms with Crippen molar-refractivity contribution >= 4 is 11.7 Å². The van der Waals surface area contributed by atoms with E-state index in [1.807, 2.05) is 60.4 Å². The zero-order valence-electron chi connectivity index (χ0n) is 16.6. The van der Waals surface area contributed by atoms with Gasteiger partial charge in [-0.25, -0.2) is 4.79 Å². The molecule has 150 valence electrons. The van der Waals surface area contributed by atoms with Crippen LogP contribution in [0.25, 0.3) is 11.4 Å². The number of carbonyl (C=O) groups excluding carboxylic acids is 1. The second-order valence-corrected chi connectivity index (χ2v) is 7.25. The fourth-order valence-electron chi connectivity index (χ4n) is 3.51. The summed E-state index contributed by atoms with van der Waals surface area (Å²) in [6.07, 6.45) is 1.59. The van der Waals surface area contributed by atoms with Crippen LogP contribution < -0.4 is 10.1 Å². The van der Waals surface area contributed by atoms with Crippen molar-refractivity contribution in [1.82, 2.24) is 15.0 Å². The monoisotopic (exact) mass is 392 g/mol. The molecule has 0 atom stereocenters. The molecular weight excluding hydrogens is 368 g/mol. The van der Waals surface area contributed by atoms with Gasteiger partial charge in [-0.05, 0) is 61.7 Å². The Morgan fingerprint density at radius 3 is 2.62 bits per heavy atom. The Balaban J connectivity index is 1.34. The number of nitrogens with one attached hydrogen (secondary N) is 1. The van der Waals surface area contributed by atoms with E-state index in [0.717, 1.165) is 35.4 Å². The smallest absolute Gasteiger partial charge is 0.321 e. The maximum absolute atomic E-state index is 12.5. The lowest BCUT2D eigenvalue weighted by Gasteiger charge is -2.30. The first-order valence-corrected chi connectivity index (χ1v) is 9.73. The van der Waals surface area contributed by atoms with Gasteiger partial charge in [0, 0.05) is 30.3 Å². The van der Waals surface area contributed by atoms with Gasteiger partial charge in [-0.2, -0.15) is 4.98 Å². The van der Waals surface area contributed by atoms with Crippen LogP contribution in [-0.4, -0.2) is 41.3 Å². The zero-order chi connectivity index (χ0) is 20.2. The average molecular weight is 392 g/mol. The highest BCUT2D eigenvalue weighted by Gasteiger charge is 2.27. The molecule has 4 rings (SSSR count). The molecule has 1 aliphatic heterocycles. The maximum atomic E-state index is 12.5. The van der Waals surface area contributed by atoms with Crippen LogP contribution in [0, 0.1) is 6.92 Å². The number of urea groups is 1. The lowest BCUT2D eigenvalue weighted by atomic mass is 9.97. The number of aromatic nitrogens is 2. The van der Waals surface area contributed by atoms with E-state index in [0.29, 0.717) is 24.8 Å². The molecule has 0 aliphatic carbocycles. The molecular formula is C22H24N4O3. The van der Waals surface area contributed by atoms with Crippen molar-refractivity contribution in [2.24, 2.45) is 0 Å². The molecule has 0 spiro atoms. The minimum absolute atomic E-state index is 0.0708. The summed E-state index contributed by atoms with van der Waals surface area (Å²) >= 11 is 0. The lowest BCUT2D eigenvalue weighted by molar-refractivity contribution is 0.187. The Hall–Kier alpha value is -3.35. The van der Waals surface area contributed by atoms with Gasteiger partial charge in [-0.3, -0.25) is 0 Å². The Kier molecular flexibility index (Phi) is 5.46. The van der Waals surface area contributed by atoms with Crippen molar-refractivity contribution in [3.05, 3.63) is 60.0 Å². The highest BCUT2D eigenvalue weighted by Crippen LogP contribution is 2.29. The van der Waals surface area contributed by atoms with Crippen LogP contribution in [-0.2, 0) is 0 Å². The molecule has 0 unspecified atom stereocenters. The van der Waals surface area contributed by atoms with Crippen LogP contribution in [0.5, 0.6) is 5.75 Å². The molecule has 1 saturated heterocycles. The first kappa shape index (κ1) is 19.0. The standard InChI is InChI=1S/C22H24N4O3/c1-15-4-3-5-18(14-15)23-22(27)26-12-10-17(11-13-26)21-24-20(25-29-21)16-6-8-19(28-2)9-7-16/h3-9,14,17H,10-13H2,1-2H3,(H,23,27). The largest absolute Gasteiger partial charge is 0.497 e. The first-order chi connectivity index (χ1) is 14.1. The van der Waals surface area contributed by atoms with Gasteiger partial charge < -0.3 is 19.5 Å². The van der Waals surface area contributed by atoms with Gasteiger partial charge in [0.2, 0.25) is 11.7 Å². The van der Waals surface area contributed by atoms with Gasteiger partial charge >= 0.3 is 6.03 Å². The number of amides is 2. The normalized spacial score (nSPS) is 14.6. The van der Waals surface area contributed by atoms with Crippen LogP contribution in [0.4, 0.5) is 10.5 Å². The Morgan fingerprint density at radius 1 is 1.17 bits per heavy atom. The van der Waals surface area contributed by atoms with Crippen molar-refractivity contribution in [3.63, 3.8) is 0 Å². The van der Waals surface area contributed by atoms with E-state index < -0.39 is 0 Å². The summed E-state index contributed by atoms with van der Waals surface area (Å²) in [4.78, 5) is 18.9. The summed E-state index contributed by atoms with van der Waals surface area (Å²) in [7, 11) is 1.63. The van der Waals surface area contributed by atoms with E-state index in [1.165, 1.54) is 0 Å². The fraction of sp³-hybridized carbons (Fsp3) is 0.318. The molecule has 7 nitrogen and oxygen atoms in total. The summed E-state index contributed by atoms with van der Waals surface area (Å²) in [5, 5.41) is 7.08. The van der Waals surface area contributed by atoms with Crippen molar-refractivity contribution in [3.8, 4) is 17.1 Å². The third kappa shape index (κ3) is 4.39. The molecule has 3 aromatic rings. The predicted molar refractivity (Wildman–Crippen MR) is 110 cm³/mol. The van der Waals surface area contributed by atoms with Crippen molar-refractivity contribution in [2.75, 3.05) is 25.5 Å². The topological polar surface area (TPSA) is 80.5 Å². The number of benzene rings is 2. The van der Waals surface area contributed by atoms with E-state index in [9.17, 15) is 4.79 Å². The molecule has 1 fully saturated rings. The molecule has 0 saturated carbocycles. The summed E-state index contributed by atoms with van der Waals surface area (Å²) in [5.74, 6) is 2.16. The SMILES string of the molecule is COc1ccc(-c2noc(C3CCN(C(=O)Nc4cccc(C)c4)CC3)n2)cc1. The number of rotatable bonds is 4. The van der Waals surface area contributed by atoms with E-state index in [-0.39, 0.29) is 11.9 Å². The number of piperidine rings is 1. The second kappa shape index (κ2) is 8.34. The van der Waals surface area contributed by atoms with Gasteiger partial charge in [0.25, 0.3) is 0 Å². The number of nitrogens with zero attached hydrogens (tertiary/aromatic N) is 3. The first-order valence-electron chi connectivity index (χ1n) is 9.73. The van der Waals surface area contributed by atoms with Crippen LogP contribution >= 0.6 is 0 Å². The Bertz CT molecular complexity index is 976. The van der Waals surface area contributed by atoms with Crippen molar-refractivity contribution in [2.45, 2.75) is 25.7 Å². The number of likely N-dealkylation sites (tertiary alicyclic amines) is 1. The van der Waals surface area contributed by atoms with Crippen molar-refractivity contribution in [1.29, 1.82) is 0 Å². The average Bonchev–Trinajstić information content (AvgIpc) is 3.24. The summed E-state index contributed by atoms with van der Waals surface area (Å²) < 4.78 is 10.7. The predicted octanol–water partition coefficient (Wildman–Crippen LogP) is 4.47. The molecule has 0 radical (unpaired) electrons. The van der Waals surface area contributed by atoms with Gasteiger partial charge in [-0.15, -0.1) is 0 Å². The summed E-state index contributed by atoms with van der Waals surface area (Å²) in [6.45, 7) is 3.32. The van der Waals surface area contributed by atoms with Gasteiger partial charge in [0.1, 0.15) is 5.75 Å². The zero-order valence-corrected chi connectivity index (χ0v) is 16.6. The number of hydrogen-bond acceptors (Lipinski definition) is 5. The molecule has 1 aliphatic rings. The number of aryl methyl sites for hydroxylation is 1. The molecule has 29 heavy (non-hydrogen) atoms. The number of ether oxygens (including phenoxy) is 1.